The first-order valence-electron chi connectivity index (χ1n) is 8.11. The monoisotopic (exact) mass is 330 g/mol. The minimum atomic E-state index is -0.476. The Morgan fingerprint density at radius 3 is 2.04 bits per heavy atom. The van der Waals surface area contributed by atoms with E-state index >= 15 is 0 Å². The zero-order valence-corrected chi connectivity index (χ0v) is 13.7. The van der Waals surface area contributed by atoms with E-state index in [0.717, 1.165) is 11.1 Å². The summed E-state index contributed by atoms with van der Waals surface area (Å²) in [6, 6.07) is 26.1. The van der Waals surface area contributed by atoms with Crippen molar-refractivity contribution in [3.8, 4) is 0 Å². The number of esters is 1. The van der Waals surface area contributed by atoms with Crippen LogP contribution in [0.5, 0.6) is 0 Å². The fraction of sp³-hybridized carbons (Fsp3) is 0.0909. The number of rotatable bonds is 6. The maximum absolute atomic E-state index is 12.4. The van der Waals surface area contributed by atoms with Crippen LogP contribution < -0.4 is 0 Å². The molecule has 3 nitrogen and oxygen atoms in total. The van der Waals surface area contributed by atoms with Crippen LogP contribution in [-0.2, 0) is 11.2 Å². The maximum Gasteiger partial charge on any atom is 0.338 e. The fourth-order valence-electron chi connectivity index (χ4n) is 2.61. The van der Waals surface area contributed by atoms with Gasteiger partial charge in [-0.2, -0.15) is 0 Å². The number of ketones is 1. The average molecular weight is 330 g/mol. The van der Waals surface area contributed by atoms with Gasteiger partial charge < -0.3 is 4.74 Å². The van der Waals surface area contributed by atoms with Crippen molar-refractivity contribution in [2.75, 3.05) is 6.61 Å². The summed E-state index contributed by atoms with van der Waals surface area (Å²) in [6.45, 7) is -0.261. The quantitative estimate of drug-likeness (QED) is 0.499. The van der Waals surface area contributed by atoms with Crippen molar-refractivity contribution in [2.45, 2.75) is 6.42 Å². The van der Waals surface area contributed by atoms with Gasteiger partial charge in [-0.3, -0.25) is 4.79 Å². The molecule has 124 valence electrons. The molecule has 0 bridgehead atoms. The molecule has 0 N–H and O–H groups in total. The van der Waals surface area contributed by atoms with Crippen molar-refractivity contribution in [1.29, 1.82) is 0 Å². The Morgan fingerprint density at radius 1 is 0.720 bits per heavy atom. The lowest BCUT2D eigenvalue weighted by Gasteiger charge is -2.09. The number of carbonyl (C=O) groups excluding carboxylic acids is 2. The Kier molecular flexibility index (Phi) is 5.37. The number of carbonyl (C=O) groups is 2. The third-order valence-electron chi connectivity index (χ3n) is 3.90. The fourth-order valence-corrected chi connectivity index (χ4v) is 2.61. The molecule has 0 saturated heterocycles. The zero-order chi connectivity index (χ0) is 17.5. The largest absolute Gasteiger partial charge is 0.454 e. The summed E-state index contributed by atoms with van der Waals surface area (Å²) in [4.78, 5) is 24.5. The van der Waals surface area contributed by atoms with Gasteiger partial charge in [-0.1, -0.05) is 78.9 Å². The highest BCUT2D eigenvalue weighted by Crippen LogP contribution is 2.15. The highest BCUT2D eigenvalue weighted by atomic mass is 16.5. The second kappa shape index (κ2) is 8.06. The van der Waals surface area contributed by atoms with Gasteiger partial charge in [0.1, 0.15) is 0 Å². The molecule has 3 aromatic carbocycles. The van der Waals surface area contributed by atoms with Gasteiger partial charge in [0.25, 0.3) is 0 Å². The van der Waals surface area contributed by atoms with Crippen molar-refractivity contribution >= 4 is 11.8 Å². The number of Topliss-reactive ketones (excluding diaryl/α,β-unsaturated/α-hetero) is 1. The molecule has 0 fully saturated rings. The molecule has 0 heterocycles. The van der Waals surface area contributed by atoms with Gasteiger partial charge in [0.15, 0.2) is 12.4 Å². The number of hydrogen-bond acceptors (Lipinski definition) is 3. The summed E-state index contributed by atoms with van der Waals surface area (Å²) in [5.41, 5.74) is 3.02. The van der Waals surface area contributed by atoms with Crippen LogP contribution in [0.25, 0.3) is 0 Å². The van der Waals surface area contributed by atoms with Crippen LogP contribution in [-0.4, -0.2) is 18.4 Å². The first-order chi connectivity index (χ1) is 12.2. The van der Waals surface area contributed by atoms with Crippen molar-refractivity contribution < 1.29 is 14.3 Å². The highest BCUT2D eigenvalue weighted by molar-refractivity contribution is 5.99. The van der Waals surface area contributed by atoms with Crippen LogP contribution in [0.3, 0.4) is 0 Å². The van der Waals surface area contributed by atoms with E-state index in [1.54, 1.807) is 36.4 Å². The molecule has 0 saturated carbocycles. The molecule has 0 aliphatic heterocycles. The second-order valence-corrected chi connectivity index (χ2v) is 5.68. The molecule has 3 heteroatoms. The van der Waals surface area contributed by atoms with E-state index in [2.05, 4.69) is 0 Å². The number of ether oxygens (including phenoxy) is 1. The van der Waals surface area contributed by atoms with Gasteiger partial charge in [0, 0.05) is 5.56 Å². The molecular formula is C22H18O3. The molecule has 0 aliphatic rings. The van der Waals surface area contributed by atoms with Crippen LogP contribution in [0.15, 0.2) is 84.9 Å². The number of benzene rings is 3. The Morgan fingerprint density at radius 2 is 1.32 bits per heavy atom. The molecule has 0 atom stereocenters. The molecule has 0 radical (unpaired) electrons. The summed E-state index contributed by atoms with van der Waals surface area (Å²) < 4.78 is 5.23. The van der Waals surface area contributed by atoms with Crippen LogP contribution in [0, 0.1) is 0 Å². The summed E-state index contributed by atoms with van der Waals surface area (Å²) in [7, 11) is 0. The Bertz CT molecular complexity index is 855. The molecule has 25 heavy (non-hydrogen) atoms. The van der Waals surface area contributed by atoms with E-state index in [9.17, 15) is 9.59 Å². The normalized spacial score (nSPS) is 10.2. The summed E-state index contributed by atoms with van der Waals surface area (Å²) in [6.07, 6.45) is 0.638. The van der Waals surface area contributed by atoms with Gasteiger partial charge in [0.2, 0.25) is 0 Å². The summed E-state index contributed by atoms with van der Waals surface area (Å²) >= 11 is 0. The zero-order valence-electron chi connectivity index (χ0n) is 13.7. The van der Waals surface area contributed by atoms with Gasteiger partial charge in [0.05, 0.1) is 5.56 Å². The average Bonchev–Trinajstić information content (AvgIpc) is 2.68. The van der Waals surface area contributed by atoms with E-state index in [4.69, 9.17) is 4.74 Å². The third kappa shape index (κ3) is 4.42. The molecule has 3 aromatic rings. The SMILES string of the molecule is O=C(COC(=O)c1ccccc1Cc1ccccc1)c1ccccc1. The second-order valence-electron chi connectivity index (χ2n) is 5.68. The van der Waals surface area contributed by atoms with Gasteiger partial charge >= 0.3 is 5.97 Å². The summed E-state index contributed by atoms with van der Waals surface area (Å²) in [5.74, 6) is -0.690. The van der Waals surface area contributed by atoms with E-state index < -0.39 is 5.97 Å². The van der Waals surface area contributed by atoms with Crippen molar-refractivity contribution in [3.63, 3.8) is 0 Å². The Labute approximate surface area is 146 Å². The van der Waals surface area contributed by atoms with E-state index in [-0.39, 0.29) is 12.4 Å². The van der Waals surface area contributed by atoms with Crippen LogP contribution in [0.4, 0.5) is 0 Å². The highest BCUT2D eigenvalue weighted by Gasteiger charge is 2.15. The van der Waals surface area contributed by atoms with Crippen molar-refractivity contribution in [2.24, 2.45) is 0 Å². The first-order valence-corrected chi connectivity index (χ1v) is 8.11. The Hall–Kier alpha value is -3.20. The molecular weight excluding hydrogens is 312 g/mol. The van der Waals surface area contributed by atoms with E-state index in [1.165, 1.54) is 0 Å². The van der Waals surface area contributed by atoms with Crippen LogP contribution in [0.2, 0.25) is 0 Å². The maximum atomic E-state index is 12.4. The lowest BCUT2D eigenvalue weighted by atomic mass is 10.00. The lowest BCUT2D eigenvalue weighted by molar-refractivity contribution is 0.0474. The van der Waals surface area contributed by atoms with Gasteiger partial charge in [-0.15, -0.1) is 0 Å². The summed E-state index contributed by atoms with van der Waals surface area (Å²) in [5, 5.41) is 0. The molecule has 0 aliphatic carbocycles. The minimum absolute atomic E-state index is 0.213. The predicted octanol–water partition coefficient (Wildman–Crippen LogP) is 4.32. The molecule has 0 spiro atoms. The van der Waals surface area contributed by atoms with Crippen molar-refractivity contribution in [3.05, 3.63) is 107 Å². The lowest BCUT2D eigenvalue weighted by Crippen LogP contribution is -2.15. The van der Waals surface area contributed by atoms with E-state index in [0.29, 0.717) is 17.5 Å². The van der Waals surface area contributed by atoms with E-state index in [1.807, 2.05) is 48.5 Å². The topological polar surface area (TPSA) is 43.4 Å². The number of hydrogen-bond donors (Lipinski definition) is 0. The first kappa shape index (κ1) is 16.7. The Balaban J connectivity index is 1.69. The third-order valence-corrected chi connectivity index (χ3v) is 3.90. The standard InChI is InChI=1S/C22H18O3/c23-21(18-11-5-2-6-12-18)16-25-22(24)20-14-8-7-13-19(20)15-17-9-3-1-4-10-17/h1-14H,15-16H2. The molecule has 3 rings (SSSR count). The van der Waals surface area contributed by atoms with Crippen molar-refractivity contribution in [1.82, 2.24) is 0 Å². The van der Waals surface area contributed by atoms with Crippen LogP contribution in [0.1, 0.15) is 31.8 Å². The molecule has 0 unspecified atom stereocenters. The van der Waals surface area contributed by atoms with Gasteiger partial charge in [-0.05, 0) is 23.6 Å². The molecule has 0 amide bonds. The smallest absolute Gasteiger partial charge is 0.338 e. The molecule has 0 aromatic heterocycles. The van der Waals surface area contributed by atoms with Gasteiger partial charge in [-0.25, -0.2) is 4.79 Å². The van der Waals surface area contributed by atoms with Crippen LogP contribution >= 0.6 is 0 Å². The minimum Gasteiger partial charge on any atom is -0.454 e. The predicted molar refractivity (Wildman–Crippen MR) is 96.7 cm³/mol.